The normalized spacial score (nSPS) is 11.8. The third-order valence-electron chi connectivity index (χ3n) is 11.4. The summed E-state index contributed by atoms with van der Waals surface area (Å²) in [4.78, 5) is 15.7. The molecule has 4 aromatic heterocycles. The van der Waals surface area contributed by atoms with Gasteiger partial charge in [-0.15, -0.1) is 0 Å². The Labute approximate surface area is 333 Å². The lowest BCUT2D eigenvalue weighted by molar-refractivity contribution is 0.674. The summed E-state index contributed by atoms with van der Waals surface area (Å²) < 4.78 is 9.44. The molecular formula is C53H32N4O. The molecule has 0 saturated heterocycles. The molecule has 0 amide bonds. The summed E-state index contributed by atoms with van der Waals surface area (Å²) in [6, 6.07) is 67.6. The zero-order chi connectivity index (χ0) is 38.2. The van der Waals surface area contributed by atoms with Crippen LogP contribution in [0.15, 0.2) is 199 Å². The van der Waals surface area contributed by atoms with Crippen LogP contribution in [-0.2, 0) is 0 Å². The van der Waals surface area contributed by atoms with Crippen LogP contribution in [0.25, 0.3) is 116 Å². The first kappa shape index (κ1) is 32.4. The molecule has 8 aromatic carbocycles. The van der Waals surface area contributed by atoms with Crippen LogP contribution in [0.5, 0.6) is 0 Å². The minimum Gasteiger partial charge on any atom is -0.455 e. The van der Waals surface area contributed by atoms with Crippen molar-refractivity contribution < 1.29 is 4.42 Å². The Morgan fingerprint density at radius 2 is 1.02 bits per heavy atom. The molecule has 0 aliphatic heterocycles. The van der Waals surface area contributed by atoms with E-state index in [1.165, 1.54) is 10.8 Å². The van der Waals surface area contributed by atoms with Crippen molar-refractivity contribution in [3.05, 3.63) is 194 Å². The molecule has 5 nitrogen and oxygen atoms in total. The summed E-state index contributed by atoms with van der Waals surface area (Å²) in [5.41, 5.74) is 12.5. The molecule has 0 bridgehead atoms. The molecule has 12 rings (SSSR count). The number of fused-ring (bicyclic) bond motifs is 10. The minimum absolute atomic E-state index is 0.656. The Morgan fingerprint density at radius 1 is 0.379 bits per heavy atom. The van der Waals surface area contributed by atoms with Crippen LogP contribution in [0, 0.1) is 0 Å². The molecule has 0 aliphatic carbocycles. The van der Waals surface area contributed by atoms with E-state index >= 15 is 0 Å². The van der Waals surface area contributed by atoms with E-state index in [0.717, 1.165) is 99.7 Å². The Hall–Kier alpha value is -7.89. The van der Waals surface area contributed by atoms with Gasteiger partial charge in [0, 0.05) is 65.6 Å². The van der Waals surface area contributed by atoms with Gasteiger partial charge in [0.15, 0.2) is 5.82 Å². The first-order valence-electron chi connectivity index (χ1n) is 19.5. The lowest BCUT2D eigenvalue weighted by Crippen LogP contribution is -1.96. The Balaban J connectivity index is 1.10. The number of para-hydroxylation sites is 4. The van der Waals surface area contributed by atoms with Gasteiger partial charge < -0.3 is 8.98 Å². The Bertz CT molecular complexity index is 3550. The van der Waals surface area contributed by atoms with Crippen molar-refractivity contribution in [1.82, 2.24) is 19.5 Å². The smallest absolute Gasteiger partial charge is 0.160 e. The van der Waals surface area contributed by atoms with Gasteiger partial charge in [-0.2, -0.15) is 0 Å². The van der Waals surface area contributed by atoms with Crippen LogP contribution >= 0.6 is 0 Å². The zero-order valence-corrected chi connectivity index (χ0v) is 31.2. The number of hydrogen-bond donors (Lipinski definition) is 0. The predicted octanol–water partition coefficient (Wildman–Crippen LogP) is 13.8. The quantitative estimate of drug-likeness (QED) is 0.165. The second-order valence-electron chi connectivity index (χ2n) is 14.7. The average Bonchev–Trinajstić information content (AvgIpc) is 3.85. The van der Waals surface area contributed by atoms with E-state index in [-0.39, 0.29) is 0 Å². The van der Waals surface area contributed by atoms with Crippen LogP contribution < -0.4 is 0 Å². The highest BCUT2D eigenvalue weighted by molar-refractivity contribution is 6.25. The largest absolute Gasteiger partial charge is 0.455 e. The van der Waals surface area contributed by atoms with Crippen LogP contribution in [0.2, 0.25) is 0 Å². The number of pyridine rings is 1. The van der Waals surface area contributed by atoms with Crippen LogP contribution in [0.4, 0.5) is 0 Å². The Morgan fingerprint density at radius 3 is 1.84 bits per heavy atom. The van der Waals surface area contributed by atoms with Gasteiger partial charge in [-0.3, -0.25) is 0 Å². The molecule has 0 fully saturated rings. The molecule has 5 heteroatoms. The van der Waals surface area contributed by atoms with Gasteiger partial charge in [0.25, 0.3) is 0 Å². The van der Waals surface area contributed by atoms with Gasteiger partial charge in [-0.1, -0.05) is 140 Å². The number of aromatic nitrogens is 4. The molecule has 12 aromatic rings. The van der Waals surface area contributed by atoms with Crippen LogP contribution in [0.1, 0.15) is 0 Å². The molecule has 0 radical (unpaired) electrons. The van der Waals surface area contributed by atoms with E-state index in [4.69, 9.17) is 19.4 Å². The topological polar surface area (TPSA) is 56.7 Å². The van der Waals surface area contributed by atoms with Crippen molar-refractivity contribution in [2.24, 2.45) is 0 Å². The van der Waals surface area contributed by atoms with Gasteiger partial charge in [-0.25, -0.2) is 15.0 Å². The van der Waals surface area contributed by atoms with Crippen LogP contribution in [-0.4, -0.2) is 19.5 Å². The Kier molecular flexibility index (Phi) is 7.16. The summed E-state index contributed by atoms with van der Waals surface area (Å²) in [5, 5.41) is 7.62. The van der Waals surface area contributed by atoms with Crippen molar-refractivity contribution in [2.75, 3.05) is 0 Å². The summed E-state index contributed by atoms with van der Waals surface area (Å²) in [5.74, 6) is 0.656. The van der Waals surface area contributed by atoms with Gasteiger partial charge in [0.05, 0.1) is 33.6 Å². The first-order valence-corrected chi connectivity index (χ1v) is 19.5. The van der Waals surface area contributed by atoms with Crippen molar-refractivity contribution >= 4 is 65.4 Å². The summed E-state index contributed by atoms with van der Waals surface area (Å²) in [7, 11) is 0. The maximum atomic E-state index is 7.10. The maximum Gasteiger partial charge on any atom is 0.160 e. The molecule has 0 spiro atoms. The van der Waals surface area contributed by atoms with Gasteiger partial charge in [0.2, 0.25) is 0 Å². The molecule has 0 atom stereocenters. The van der Waals surface area contributed by atoms with Gasteiger partial charge in [0.1, 0.15) is 11.2 Å². The highest BCUT2D eigenvalue weighted by Crippen LogP contribution is 2.43. The SMILES string of the molecule is c1ccc(-c2nc(-c3ccc4c(c3)c3ccccc3n4-c3ccccc3)cc(-c3cccc4c3oc3c4ccc4c(-c5ccccc5)nc5ccccc5c43)n2)cc1. The van der Waals surface area contributed by atoms with Crippen LogP contribution in [0.3, 0.4) is 0 Å². The highest BCUT2D eigenvalue weighted by atomic mass is 16.3. The first-order chi connectivity index (χ1) is 28.8. The van der Waals surface area contributed by atoms with E-state index in [1.54, 1.807) is 0 Å². The van der Waals surface area contributed by atoms with Crippen molar-refractivity contribution in [3.63, 3.8) is 0 Å². The number of furan rings is 1. The van der Waals surface area contributed by atoms with Crippen molar-refractivity contribution in [1.29, 1.82) is 0 Å². The molecule has 4 heterocycles. The van der Waals surface area contributed by atoms with E-state index in [2.05, 4.69) is 168 Å². The standard InChI is InChI=1S/C53H32N4O/c1-4-15-33(16-5-1)50-42-29-28-39-38-23-14-24-41(51(38)58-52(39)49(42)40-22-10-12-25-44(40)54-50)46-32-45(55-53(56-46)34-17-6-2-7-18-34)35-27-30-48-43(31-35)37-21-11-13-26-47(37)57(48)36-19-8-3-9-20-36/h1-32H. The average molecular weight is 741 g/mol. The number of hydrogen-bond acceptors (Lipinski definition) is 4. The third-order valence-corrected chi connectivity index (χ3v) is 11.4. The van der Waals surface area contributed by atoms with Gasteiger partial charge in [-0.05, 0) is 54.6 Å². The molecule has 0 unspecified atom stereocenters. The van der Waals surface area contributed by atoms with E-state index in [9.17, 15) is 0 Å². The fourth-order valence-electron chi connectivity index (χ4n) is 8.74. The number of rotatable bonds is 5. The fourth-order valence-corrected chi connectivity index (χ4v) is 8.74. The fraction of sp³-hybridized carbons (Fsp3) is 0. The summed E-state index contributed by atoms with van der Waals surface area (Å²) in [6.07, 6.45) is 0. The lowest BCUT2D eigenvalue weighted by atomic mass is 9.97. The second kappa shape index (κ2) is 12.8. The van der Waals surface area contributed by atoms with Crippen molar-refractivity contribution in [2.45, 2.75) is 0 Å². The van der Waals surface area contributed by atoms with Crippen molar-refractivity contribution in [3.8, 4) is 50.8 Å². The van der Waals surface area contributed by atoms with E-state index in [0.29, 0.717) is 5.82 Å². The molecule has 0 aliphatic rings. The molecule has 0 saturated carbocycles. The van der Waals surface area contributed by atoms with E-state index in [1.807, 2.05) is 30.3 Å². The molecule has 270 valence electrons. The summed E-state index contributed by atoms with van der Waals surface area (Å²) >= 11 is 0. The molecular weight excluding hydrogens is 709 g/mol. The second-order valence-corrected chi connectivity index (χ2v) is 14.7. The highest BCUT2D eigenvalue weighted by Gasteiger charge is 2.21. The monoisotopic (exact) mass is 740 g/mol. The molecule has 58 heavy (non-hydrogen) atoms. The molecule has 0 N–H and O–H groups in total. The predicted molar refractivity (Wildman–Crippen MR) is 238 cm³/mol. The van der Waals surface area contributed by atoms with E-state index < -0.39 is 0 Å². The maximum absolute atomic E-state index is 7.10. The third kappa shape index (κ3) is 5.00. The minimum atomic E-state index is 0.656. The number of nitrogens with zero attached hydrogens (tertiary/aromatic N) is 4. The lowest BCUT2D eigenvalue weighted by Gasteiger charge is -2.11. The zero-order valence-electron chi connectivity index (χ0n) is 31.2. The summed E-state index contributed by atoms with van der Waals surface area (Å²) in [6.45, 7) is 0. The number of benzene rings is 8. The van der Waals surface area contributed by atoms with Gasteiger partial charge >= 0.3 is 0 Å².